The van der Waals surface area contributed by atoms with Gasteiger partial charge in [0.05, 0.1) is 36.9 Å². The molecule has 3 saturated carbocycles. The van der Waals surface area contributed by atoms with E-state index in [9.17, 15) is 40.5 Å². The summed E-state index contributed by atoms with van der Waals surface area (Å²) >= 11 is 0. The molecule has 22 nitrogen and oxygen atoms in total. The predicted octanol–water partition coefficient (Wildman–Crippen LogP) is -8.49. The molecular weight excluding hydrogens is 732 g/mol. The number of amides is 1. The van der Waals surface area contributed by atoms with E-state index in [0.717, 1.165) is 12.8 Å². The highest BCUT2D eigenvalue weighted by Crippen LogP contribution is 2.36. The molecule has 318 valence electrons. The van der Waals surface area contributed by atoms with Gasteiger partial charge in [0, 0.05) is 44.1 Å². The van der Waals surface area contributed by atoms with E-state index in [0.29, 0.717) is 19.0 Å². The molecule has 6 aliphatic rings. The van der Waals surface area contributed by atoms with Gasteiger partial charge in [-0.05, 0) is 38.1 Å². The summed E-state index contributed by atoms with van der Waals surface area (Å²) in [5, 5.41) is 81.7. The molecule has 0 unspecified atom stereocenters. The summed E-state index contributed by atoms with van der Waals surface area (Å²) in [7, 11) is 0. The average molecular weight is 795 g/mol. The SMILES string of the molecule is NC[C@@H]1O[C@H](O[C@H]2[C@@H](O)[C@H](O[C@@H]3[C@@H](O)[C@H](NC(=O)C4(O)CC(N)C4)C[C@H](N)[C@H]3O[C@H]3O[C@H](CNCC4CC(N)C4)[C@@H](O)C[C@H]3N)O[C@@H]2CO)[C@H](N)[C@@H](O)[C@@H]1O. The number of ether oxygens (including phenoxy) is 6. The van der Waals surface area contributed by atoms with Gasteiger partial charge in [0.25, 0.3) is 5.91 Å². The van der Waals surface area contributed by atoms with Gasteiger partial charge in [-0.3, -0.25) is 4.79 Å². The van der Waals surface area contributed by atoms with E-state index in [-0.39, 0.29) is 44.3 Å². The van der Waals surface area contributed by atoms with Crippen LogP contribution in [-0.2, 0) is 33.2 Å². The molecule has 22 heteroatoms. The highest BCUT2D eigenvalue weighted by molar-refractivity contribution is 5.86. The molecule has 18 atom stereocenters. The lowest BCUT2D eigenvalue weighted by Gasteiger charge is -2.48. The number of hydrogen-bond acceptors (Lipinski definition) is 21. The summed E-state index contributed by atoms with van der Waals surface area (Å²) in [5.41, 5.74) is 34.8. The largest absolute Gasteiger partial charge is 0.394 e. The van der Waals surface area contributed by atoms with Gasteiger partial charge in [0.1, 0.15) is 60.5 Å². The Kier molecular flexibility index (Phi) is 14.1. The van der Waals surface area contributed by atoms with Gasteiger partial charge in [-0.1, -0.05) is 0 Å². The summed E-state index contributed by atoms with van der Waals surface area (Å²) < 4.78 is 36.1. The lowest BCUT2D eigenvalue weighted by Crippen LogP contribution is -2.69. The van der Waals surface area contributed by atoms with Crippen molar-refractivity contribution in [3.8, 4) is 0 Å². The summed E-state index contributed by atoms with van der Waals surface area (Å²) in [6.45, 7) is 0.117. The molecule has 0 spiro atoms. The molecule has 0 radical (unpaired) electrons. The van der Waals surface area contributed by atoms with E-state index in [4.69, 9.17) is 62.8 Å². The van der Waals surface area contributed by atoms with Crippen molar-refractivity contribution < 1.29 is 69.0 Å². The first-order chi connectivity index (χ1) is 26.0. The van der Waals surface area contributed by atoms with Gasteiger partial charge in [0.15, 0.2) is 18.9 Å². The smallest absolute Gasteiger partial charge is 0.252 e. The van der Waals surface area contributed by atoms with Crippen LogP contribution in [0.25, 0.3) is 0 Å². The van der Waals surface area contributed by atoms with Crippen LogP contribution in [0.1, 0.15) is 38.5 Å². The number of rotatable bonds is 14. The van der Waals surface area contributed by atoms with Crippen molar-refractivity contribution in [3.05, 3.63) is 0 Å². The first-order valence-electron chi connectivity index (χ1n) is 19.2. The summed E-state index contributed by atoms with van der Waals surface area (Å²) in [5.74, 6) is -0.329. The maximum atomic E-state index is 13.1. The minimum absolute atomic E-state index is 0.0226. The third-order valence-electron chi connectivity index (χ3n) is 11.9. The standard InChI is InChI=1S/C33H62N8O14/c34-7-18-23(45)24(46)21(39)30(50-18)54-27-20(10-42)52-31(25(27)47)55-28-22(44)16(41-32(48)33(49)5-13(36)6-33)3-14(37)26(28)53-29-15(38)4-17(43)19(51-29)9-40-8-11-1-12(35)2-11/h11-31,40,42-47,49H,1-10,34-39H2,(H,41,48)/t11?,12?,13?,14-,15+,16+,17-,18-,19+,20+,21+,22-,23+,24+,25+,26+,27+,28+,29+,30+,31-,33?/m0/s1. The average Bonchev–Trinajstić information content (AvgIpc) is 3.41. The quantitative estimate of drug-likeness (QED) is 0.0776. The fraction of sp³-hybridized carbons (Fsp3) is 0.970. The minimum Gasteiger partial charge on any atom is -0.394 e. The fourth-order valence-corrected chi connectivity index (χ4v) is 8.48. The number of aliphatic hydroxyl groups is 7. The maximum Gasteiger partial charge on any atom is 0.252 e. The lowest BCUT2D eigenvalue weighted by molar-refractivity contribution is -0.297. The molecule has 1 amide bonds. The molecule has 0 aromatic carbocycles. The Morgan fingerprint density at radius 1 is 0.691 bits per heavy atom. The topological polar surface area (TPSA) is 394 Å². The molecular formula is C33H62N8O14. The van der Waals surface area contributed by atoms with Crippen LogP contribution in [0.3, 0.4) is 0 Å². The minimum atomic E-state index is -1.73. The van der Waals surface area contributed by atoms with Gasteiger partial charge in [-0.25, -0.2) is 0 Å². The van der Waals surface area contributed by atoms with Crippen molar-refractivity contribution in [1.82, 2.24) is 10.6 Å². The van der Waals surface area contributed by atoms with Crippen molar-refractivity contribution in [2.24, 2.45) is 40.3 Å². The first-order valence-corrected chi connectivity index (χ1v) is 19.2. The zero-order valence-electron chi connectivity index (χ0n) is 30.6. The zero-order valence-corrected chi connectivity index (χ0v) is 30.6. The Balaban J connectivity index is 1.17. The van der Waals surface area contributed by atoms with Crippen LogP contribution >= 0.6 is 0 Å². The summed E-state index contributed by atoms with van der Waals surface area (Å²) in [6.07, 6.45) is -16.3. The Labute approximate surface area is 318 Å². The summed E-state index contributed by atoms with van der Waals surface area (Å²) in [6, 6.07) is -4.32. The second-order valence-electron chi connectivity index (χ2n) is 16.3. The molecule has 3 aliphatic heterocycles. The van der Waals surface area contributed by atoms with Crippen LogP contribution in [-0.4, -0.2) is 196 Å². The monoisotopic (exact) mass is 794 g/mol. The number of nitrogens with two attached hydrogens (primary N) is 6. The molecule has 6 fully saturated rings. The lowest BCUT2D eigenvalue weighted by atomic mass is 9.75. The van der Waals surface area contributed by atoms with Crippen LogP contribution in [0, 0.1) is 5.92 Å². The highest BCUT2D eigenvalue weighted by atomic mass is 16.8. The van der Waals surface area contributed by atoms with Crippen LogP contribution in [0.5, 0.6) is 0 Å². The first kappa shape index (κ1) is 43.3. The third-order valence-corrected chi connectivity index (χ3v) is 11.9. The maximum absolute atomic E-state index is 13.1. The predicted molar refractivity (Wildman–Crippen MR) is 188 cm³/mol. The second-order valence-corrected chi connectivity index (χ2v) is 16.3. The normalized spacial score (nSPS) is 51.6. The molecule has 3 aliphatic carbocycles. The second kappa shape index (κ2) is 17.9. The van der Waals surface area contributed by atoms with E-state index in [1.807, 2.05) is 0 Å². The molecule has 0 bridgehead atoms. The molecule has 3 saturated heterocycles. The van der Waals surface area contributed by atoms with E-state index in [2.05, 4.69) is 10.6 Å². The van der Waals surface area contributed by atoms with Gasteiger partial charge < -0.3 is 109 Å². The van der Waals surface area contributed by atoms with Gasteiger partial charge >= 0.3 is 0 Å². The molecule has 0 aromatic heterocycles. The third kappa shape index (κ3) is 9.29. The number of carbonyl (C=O) groups is 1. The van der Waals surface area contributed by atoms with Crippen molar-refractivity contribution >= 4 is 5.91 Å². The van der Waals surface area contributed by atoms with E-state index in [1.54, 1.807) is 0 Å². The number of hydrogen-bond donors (Lipinski definition) is 15. The molecule has 55 heavy (non-hydrogen) atoms. The van der Waals surface area contributed by atoms with Crippen LogP contribution in [0.2, 0.25) is 0 Å². The zero-order chi connectivity index (χ0) is 39.9. The van der Waals surface area contributed by atoms with Crippen LogP contribution < -0.4 is 45.0 Å². The molecule has 0 aromatic rings. The molecule has 3 heterocycles. The highest BCUT2D eigenvalue weighted by Gasteiger charge is 2.55. The molecule has 21 N–H and O–H groups in total. The Morgan fingerprint density at radius 3 is 1.96 bits per heavy atom. The Morgan fingerprint density at radius 2 is 1.33 bits per heavy atom. The Hall–Kier alpha value is -1.33. The number of aliphatic hydroxyl groups excluding tert-OH is 6. The van der Waals surface area contributed by atoms with E-state index < -0.39 is 128 Å². The van der Waals surface area contributed by atoms with E-state index >= 15 is 0 Å². The number of nitrogens with one attached hydrogen (secondary N) is 2. The Bertz CT molecular complexity index is 1270. The van der Waals surface area contributed by atoms with Crippen molar-refractivity contribution in [1.29, 1.82) is 0 Å². The van der Waals surface area contributed by atoms with Gasteiger partial charge in [0.2, 0.25) is 0 Å². The van der Waals surface area contributed by atoms with Crippen molar-refractivity contribution in [2.75, 3.05) is 26.2 Å². The fourth-order valence-electron chi connectivity index (χ4n) is 8.48. The van der Waals surface area contributed by atoms with E-state index in [1.165, 1.54) is 0 Å². The van der Waals surface area contributed by atoms with Crippen LogP contribution in [0.15, 0.2) is 0 Å². The molecule has 6 rings (SSSR count). The van der Waals surface area contributed by atoms with Crippen LogP contribution in [0.4, 0.5) is 0 Å². The van der Waals surface area contributed by atoms with Crippen molar-refractivity contribution in [3.63, 3.8) is 0 Å². The van der Waals surface area contributed by atoms with Gasteiger partial charge in [-0.2, -0.15) is 0 Å². The van der Waals surface area contributed by atoms with Crippen molar-refractivity contribution in [2.45, 2.75) is 166 Å². The summed E-state index contributed by atoms with van der Waals surface area (Å²) in [4.78, 5) is 13.1. The van der Waals surface area contributed by atoms with Gasteiger partial charge in [-0.15, -0.1) is 0 Å². The number of carbonyl (C=O) groups excluding carboxylic acids is 1.